The van der Waals surface area contributed by atoms with Gasteiger partial charge in [-0.1, -0.05) is 48.6 Å². The zero-order valence-corrected chi connectivity index (χ0v) is 15.0. The summed E-state index contributed by atoms with van der Waals surface area (Å²) in [4.78, 5) is 17.5. The summed E-state index contributed by atoms with van der Waals surface area (Å²) in [5, 5.41) is 8.74. The molecule has 4 nitrogen and oxygen atoms in total. The molecular formula is C22H27N2NaO2. The van der Waals surface area contributed by atoms with Crippen molar-refractivity contribution < 1.29 is 9.90 Å². The van der Waals surface area contributed by atoms with Gasteiger partial charge >= 0.3 is 35.5 Å². The Kier molecular flexibility index (Phi) is 9.22. The molecule has 2 unspecified atom stereocenters. The maximum atomic E-state index is 10.6. The summed E-state index contributed by atoms with van der Waals surface area (Å²) in [6.07, 6.45) is 10.9. The van der Waals surface area contributed by atoms with E-state index in [0.717, 1.165) is 25.9 Å². The number of benzene rings is 1. The van der Waals surface area contributed by atoms with Gasteiger partial charge in [0.2, 0.25) is 0 Å². The number of pyridine rings is 1. The Morgan fingerprint density at radius 2 is 2.00 bits per heavy atom. The Bertz CT molecular complexity index is 722. The van der Waals surface area contributed by atoms with Crippen LogP contribution in [-0.2, 0) is 11.3 Å². The van der Waals surface area contributed by atoms with E-state index in [-0.39, 0.29) is 36.0 Å². The van der Waals surface area contributed by atoms with Gasteiger partial charge in [0.05, 0.1) is 0 Å². The molecule has 2 atom stereocenters. The zero-order valence-electron chi connectivity index (χ0n) is 15.0. The molecule has 1 N–H and O–H groups in total. The van der Waals surface area contributed by atoms with Gasteiger partial charge in [-0.2, -0.15) is 0 Å². The third-order valence-electron chi connectivity index (χ3n) is 5.01. The molecule has 138 valence electrons. The number of carboxylic acids is 1. The van der Waals surface area contributed by atoms with Gasteiger partial charge in [0.15, 0.2) is 0 Å². The van der Waals surface area contributed by atoms with Crippen molar-refractivity contribution in [2.75, 3.05) is 6.54 Å². The Labute approximate surface area is 183 Å². The molecule has 5 heteroatoms. The van der Waals surface area contributed by atoms with E-state index < -0.39 is 5.97 Å². The van der Waals surface area contributed by atoms with Crippen LogP contribution in [0.4, 0.5) is 0 Å². The molecule has 0 amide bonds. The van der Waals surface area contributed by atoms with Crippen LogP contribution in [0.15, 0.2) is 67.0 Å². The van der Waals surface area contributed by atoms with Gasteiger partial charge in [0.1, 0.15) is 0 Å². The third-order valence-corrected chi connectivity index (χ3v) is 5.01. The summed E-state index contributed by atoms with van der Waals surface area (Å²) < 4.78 is 0. The quantitative estimate of drug-likeness (QED) is 0.564. The molecule has 0 radical (unpaired) electrons. The van der Waals surface area contributed by atoms with Crippen molar-refractivity contribution >= 4 is 35.5 Å². The number of hydrogen-bond donors (Lipinski definition) is 1. The van der Waals surface area contributed by atoms with Crippen molar-refractivity contribution in [3.05, 3.63) is 78.1 Å². The van der Waals surface area contributed by atoms with Crippen LogP contribution in [-0.4, -0.2) is 57.1 Å². The number of aromatic nitrogens is 1. The average molecular weight is 374 g/mol. The first-order chi connectivity index (χ1) is 12.7. The monoisotopic (exact) mass is 374 g/mol. The van der Waals surface area contributed by atoms with Crippen LogP contribution in [0.5, 0.6) is 0 Å². The van der Waals surface area contributed by atoms with Crippen LogP contribution in [0, 0.1) is 5.92 Å². The van der Waals surface area contributed by atoms with Gasteiger partial charge in [0.25, 0.3) is 0 Å². The average Bonchev–Trinajstić information content (AvgIpc) is 3.05. The van der Waals surface area contributed by atoms with E-state index in [2.05, 4.69) is 52.4 Å². The first-order valence-corrected chi connectivity index (χ1v) is 9.28. The Morgan fingerprint density at radius 3 is 2.70 bits per heavy atom. The topological polar surface area (TPSA) is 53.4 Å². The molecule has 2 aromatic rings. The predicted molar refractivity (Wildman–Crippen MR) is 110 cm³/mol. The molecule has 3 rings (SSSR count). The summed E-state index contributed by atoms with van der Waals surface area (Å²) in [5.41, 5.74) is 2.60. The number of carboxylic acid groups (broad SMARTS) is 1. The molecule has 2 heterocycles. The molecule has 1 fully saturated rings. The normalized spacial score (nSPS) is 19.9. The Balaban J connectivity index is 0.00000261. The van der Waals surface area contributed by atoms with Crippen molar-refractivity contribution in [1.29, 1.82) is 0 Å². The molecule has 27 heavy (non-hydrogen) atoms. The van der Waals surface area contributed by atoms with E-state index in [1.54, 1.807) is 0 Å². The Morgan fingerprint density at radius 1 is 1.19 bits per heavy atom. The van der Waals surface area contributed by atoms with Gasteiger partial charge in [-0.3, -0.25) is 14.7 Å². The molecule has 0 bridgehead atoms. The van der Waals surface area contributed by atoms with E-state index in [1.165, 1.54) is 11.1 Å². The van der Waals surface area contributed by atoms with Gasteiger partial charge in [-0.05, 0) is 48.9 Å². The van der Waals surface area contributed by atoms with Gasteiger partial charge < -0.3 is 5.11 Å². The SMILES string of the molecule is O=C(O)CC/C=C\CC1CCN(Cc2ccccc2)C1c1cccnc1.[NaH]. The minimum atomic E-state index is -0.738. The molecule has 1 aliphatic heterocycles. The second-order valence-corrected chi connectivity index (χ2v) is 6.88. The van der Waals surface area contributed by atoms with Crippen LogP contribution < -0.4 is 0 Å². The molecule has 1 aliphatic rings. The fourth-order valence-corrected chi connectivity index (χ4v) is 3.80. The number of nitrogens with zero attached hydrogens (tertiary/aromatic N) is 2. The van der Waals surface area contributed by atoms with Crippen LogP contribution in [0.25, 0.3) is 0 Å². The maximum absolute atomic E-state index is 10.6. The summed E-state index contributed by atoms with van der Waals surface area (Å²) in [6, 6.07) is 15.1. The fraction of sp³-hybridized carbons (Fsp3) is 0.364. The summed E-state index contributed by atoms with van der Waals surface area (Å²) >= 11 is 0. The van der Waals surface area contributed by atoms with E-state index in [9.17, 15) is 4.79 Å². The van der Waals surface area contributed by atoms with Crippen molar-refractivity contribution in [2.24, 2.45) is 5.92 Å². The minimum absolute atomic E-state index is 0. The third kappa shape index (κ3) is 6.58. The first kappa shape index (κ1) is 21.8. The van der Waals surface area contributed by atoms with E-state index in [0.29, 0.717) is 18.4 Å². The molecule has 0 spiro atoms. The Hall–Kier alpha value is -1.46. The van der Waals surface area contributed by atoms with E-state index in [1.807, 2.05) is 24.5 Å². The van der Waals surface area contributed by atoms with Gasteiger partial charge in [0, 0.05) is 31.4 Å². The molecule has 0 aliphatic carbocycles. The molecule has 1 saturated heterocycles. The van der Waals surface area contributed by atoms with Crippen molar-refractivity contribution in [2.45, 2.75) is 38.3 Å². The molecule has 0 saturated carbocycles. The van der Waals surface area contributed by atoms with Crippen molar-refractivity contribution in [1.82, 2.24) is 9.88 Å². The molecule has 1 aromatic carbocycles. The van der Waals surface area contributed by atoms with E-state index in [4.69, 9.17) is 5.11 Å². The number of likely N-dealkylation sites (tertiary alicyclic amines) is 1. The number of hydrogen-bond acceptors (Lipinski definition) is 3. The van der Waals surface area contributed by atoms with Gasteiger partial charge in [-0.25, -0.2) is 0 Å². The first-order valence-electron chi connectivity index (χ1n) is 9.28. The number of rotatable bonds is 8. The summed E-state index contributed by atoms with van der Waals surface area (Å²) in [7, 11) is 0. The fourth-order valence-electron chi connectivity index (χ4n) is 3.80. The predicted octanol–water partition coefficient (Wildman–Crippen LogP) is 3.81. The van der Waals surface area contributed by atoms with Crippen LogP contribution in [0.1, 0.15) is 42.9 Å². The van der Waals surface area contributed by atoms with E-state index >= 15 is 0 Å². The van der Waals surface area contributed by atoms with Crippen LogP contribution in [0.2, 0.25) is 0 Å². The zero-order chi connectivity index (χ0) is 18.2. The standard InChI is InChI=1S/C22H26N2O2.Na.H/c25-21(26)12-6-2-5-10-19-13-15-24(17-18-8-3-1-4-9-18)22(19)20-11-7-14-23-16-20;;/h1-5,7-9,11,14,16,19,22H,6,10,12-13,15,17H2,(H,25,26);;/b5-2-;;. The number of aliphatic carboxylic acids is 1. The molecule has 1 aromatic heterocycles. The number of carbonyl (C=O) groups is 1. The van der Waals surface area contributed by atoms with Crippen LogP contribution in [0.3, 0.4) is 0 Å². The number of allylic oxidation sites excluding steroid dienone is 2. The molecular weight excluding hydrogens is 347 g/mol. The second kappa shape index (κ2) is 11.4. The summed E-state index contributed by atoms with van der Waals surface area (Å²) in [5.74, 6) is -0.207. The van der Waals surface area contributed by atoms with Crippen molar-refractivity contribution in [3.8, 4) is 0 Å². The van der Waals surface area contributed by atoms with Crippen molar-refractivity contribution in [3.63, 3.8) is 0 Å². The second-order valence-electron chi connectivity index (χ2n) is 6.88. The van der Waals surface area contributed by atoms with Gasteiger partial charge in [-0.15, -0.1) is 0 Å². The summed E-state index contributed by atoms with van der Waals surface area (Å²) in [6.45, 7) is 2.02. The van der Waals surface area contributed by atoms with Crippen LogP contribution >= 0.6 is 0 Å².